The van der Waals surface area contributed by atoms with Crippen LogP contribution in [0.4, 0.5) is 0 Å². The smallest absolute Gasteiger partial charge is 0.203 e. The molecule has 2 heterocycles. The van der Waals surface area contributed by atoms with Crippen LogP contribution in [0.5, 0.6) is 0 Å². The van der Waals surface area contributed by atoms with Crippen LogP contribution in [0.1, 0.15) is 17.2 Å². The lowest BCUT2D eigenvalue weighted by atomic mass is 9.86. The molecule has 0 aliphatic carbocycles. The third kappa shape index (κ3) is 1.95. The summed E-state index contributed by atoms with van der Waals surface area (Å²) in [6.45, 7) is 0. The van der Waals surface area contributed by atoms with Gasteiger partial charge >= 0.3 is 0 Å². The third-order valence-electron chi connectivity index (χ3n) is 4.70. The first-order valence-corrected chi connectivity index (χ1v) is 7.57. The van der Waals surface area contributed by atoms with Crippen LogP contribution in [0, 0.1) is 5.92 Å². The number of nitrogens with zero attached hydrogens (tertiary/aromatic N) is 3. The van der Waals surface area contributed by atoms with E-state index in [-0.39, 0.29) is 18.2 Å². The summed E-state index contributed by atoms with van der Waals surface area (Å²) in [5, 5.41) is 8.79. The Labute approximate surface area is 130 Å². The maximum absolute atomic E-state index is 5.75. The molecule has 2 aromatic rings. The first kappa shape index (κ1) is 13.5. The second-order valence-corrected chi connectivity index (χ2v) is 5.87. The molecular formula is C18H19N3O. The van der Waals surface area contributed by atoms with Crippen LogP contribution in [0.25, 0.3) is 0 Å². The van der Waals surface area contributed by atoms with E-state index in [1.807, 2.05) is 18.2 Å². The lowest BCUT2D eigenvalue weighted by Gasteiger charge is -2.27. The van der Waals surface area contributed by atoms with E-state index in [1.165, 1.54) is 5.56 Å². The van der Waals surface area contributed by atoms with Crippen LogP contribution in [0.2, 0.25) is 0 Å². The molecule has 2 aliphatic heterocycles. The molecule has 0 aromatic heterocycles. The highest BCUT2D eigenvalue weighted by atomic mass is 16.7. The van der Waals surface area contributed by atoms with Crippen LogP contribution in [0.15, 0.2) is 65.8 Å². The van der Waals surface area contributed by atoms with E-state index < -0.39 is 0 Å². The van der Waals surface area contributed by atoms with E-state index in [9.17, 15) is 0 Å². The van der Waals surface area contributed by atoms with Gasteiger partial charge in [-0.05, 0) is 11.1 Å². The summed E-state index contributed by atoms with van der Waals surface area (Å²) in [5.74, 6) is 0.208. The molecule has 0 radical (unpaired) electrons. The second kappa shape index (κ2) is 5.23. The van der Waals surface area contributed by atoms with Gasteiger partial charge in [0.05, 0.1) is 17.7 Å². The minimum atomic E-state index is -0.0367. The standard InChI is InChI=1S/C18H19N3O/c1-20-17(14-11-7-4-8-12-14)15-16(13-9-5-3-6-10-13)19-22-18(15)21(20)2/h3-12,15,17-18H,1-2H3/t15-,17-,18-/m1/s1. The number of hydrogen-bond acceptors (Lipinski definition) is 4. The second-order valence-electron chi connectivity index (χ2n) is 5.87. The molecule has 0 spiro atoms. The maximum atomic E-state index is 5.75. The summed E-state index contributed by atoms with van der Waals surface area (Å²) in [5.41, 5.74) is 3.47. The highest BCUT2D eigenvalue weighted by Gasteiger charge is 2.52. The van der Waals surface area contributed by atoms with Gasteiger partial charge in [-0.3, -0.25) is 0 Å². The molecule has 0 bridgehead atoms. The topological polar surface area (TPSA) is 28.1 Å². The molecule has 2 aliphatic rings. The molecule has 1 fully saturated rings. The lowest BCUT2D eigenvalue weighted by Crippen LogP contribution is -2.36. The molecule has 22 heavy (non-hydrogen) atoms. The Hall–Kier alpha value is -2.17. The van der Waals surface area contributed by atoms with Gasteiger partial charge in [0.2, 0.25) is 6.23 Å². The predicted octanol–water partition coefficient (Wildman–Crippen LogP) is 2.90. The largest absolute Gasteiger partial charge is 0.374 e. The zero-order valence-electron chi connectivity index (χ0n) is 12.8. The highest BCUT2D eigenvalue weighted by Crippen LogP contribution is 2.44. The van der Waals surface area contributed by atoms with E-state index in [0.717, 1.165) is 11.3 Å². The Morgan fingerprint density at radius 2 is 1.50 bits per heavy atom. The number of hydrogen-bond donors (Lipinski definition) is 0. The van der Waals surface area contributed by atoms with E-state index in [1.54, 1.807) is 0 Å². The fourth-order valence-electron chi connectivity index (χ4n) is 3.51. The lowest BCUT2D eigenvalue weighted by molar-refractivity contribution is -0.0902. The summed E-state index contributed by atoms with van der Waals surface area (Å²) in [4.78, 5) is 5.75. The summed E-state index contributed by atoms with van der Waals surface area (Å²) in [6, 6.07) is 21.1. The van der Waals surface area contributed by atoms with Crippen molar-refractivity contribution in [3.63, 3.8) is 0 Å². The number of fused-ring (bicyclic) bond motifs is 1. The first-order chi connectivity index (χ1) is 10.8. The maximum Gasteiger partial charge on any atom is 0.203 e. The molecule has 112 valence electrons. The van der Waals surface area contributed by atoms with Gasteiger partial charge in [0.1, 0.15) is 0 Å². The van der Waals surface area contributed by atoms with Crippen LogP contribution in [-0.2, 0) is 4.84 Å². The van der Waals surface area contributed by atoms with Crippen molar-refractivity contribution in [1.29, 1.82) is 0 Å². The molecule has 4 heteroatoms. The molecule has 1 saturated heterocycles. The Morgan fingerprint density at radius 1 is 0.864 bits per heavy atom. The quantitative estimate of drug-likeness (QED) is 0.852. The van der Waals surface area contributed by atoms with Crippen molar-refractivity contribution in [3.05, 3.63) is 71.8 Å². The monoisotopic (exact) mass is 293 g/mol. The normalized spacial score (nSPS) is 28.3. The number of rotatable bonds is 2. The SMILES string of the molecule is CN1[C@@H]2ON=C(c3ccccc3)[C@@H]2[C@@H](c2ccccc2)N1C. The van der Waals surface area contributed by atoms with E-state index >= 15 is 0 Å². The van der Waals surface area contributed by atoms with Gasteiger partial charge in [-0.25, -0.2) is 10.0 Å². The van der Waals surface area contributed by atoms with Gasteiger partial charge in [0.25, 0.3) is 0 Å². The number of hydrazine groups is 1. The summed E-state index contributed by atoms with van der Waals surface area (Å²) in [6.07, 6.45) is -0.0367. The predicted molar refractivity (Wildman–Crippen MR) is 86.1 cm³/mol. The van der Waals surface area contributed by atoms with Crippen LogP contribution < -0.4 is 0 Å². The molecule has 0 N–H and O–H groups in total. The molecule has 3 atom stereocenters. The molecule has 0 saturated carbocycles. The van der Waals surface area contributed by atoms with Crippen molar-refractivity contribution < 1.29 is 4.84 Å². The summed E-state index contributed by atoms with van der Waals surface area (Å²) < 4.78 is 0. The number of benzene rings is 2. The average Bonchev–Trinajstić information content (AvgIpc) is 3.10. The van der Waals surface area contributed by atoms with Crippen LogP contribution in [0.3, 0.4) is 0 Å². The van der Waals surface area contributed by atoms with Gasteiger partial charge in [-0.1, -0.05) is 65.8 Å². The average molecular weight is 293 g/mol. The van der Waals surface area contributed by atoms with Gasteiger partial charge in [0, 0.05) is 14.1 Å². The van der Waals surface area contributed by atoms with Crippen LogP contribution >= 0.6 is 0 Å². The van der Waals surface area contributed by atoms with E-state index in [4.69, 9.17) is 4.84 Å². The van der Waals surface area contributed by atoms with E-state index in [0.29, 0.717) is 0 Å². The highest BCUT2D eigenvalue weighted by molar-refractivity contribution is 6.03. The van der Waals surface area contributed by atoms with Crippen molar-refractivity contribution in [1.82, 2.24) is 10.0 Å². The third-order valence-corrected chi connectivity index (χ3v) is 4.70. The molecule has 4 rings (SSSR count). The van der Waals surface area contributed by atoms with Gasteiger partial charge in [0.15, 0.2) is 0 Å². The zero-order valence-corrected chi connectivity index (χ0v) is 12.8. The minimum Gasteiger partial charge on any atom is -0.374 e. The van der Waals surface area contributed by atoms with Crippen molar-refractivity contribution in [2.75, 3.05) is 14.1 Å². The number of oxime groups is 1. The summed E-state index contributed by atoms with van der Waals surface area (Å²) in [7, 11) is 4.17. The van der Waals surface area contributed by atoms with Crippen LogP contribution in [-0.4, -0.2) is 36.1 Å². The van der Waals surface area contributed by atoms with Gasteiger partial charge in [-0.2, -0.15) is 0 Å². The Bertz CT molecular complexity index is 686. The molecule has 4 nitrogen and oxygen atoms in total. The minimum absolute atomic E-state index is 0.0367. The van der Waals surface area contributed by atoms with Gasteiger partial charge in [-0.15, -0.1) is 0 Å². The molecule has 2 aromatic carbocycles. The van der Waals surface area contributed by atoms with Crippen molar-refractivity contribution in [2.45, 2.75) is 12.3 Å². The first-order valence-electron chi connectivity index (χ1n) is 7.57. The fourth-order valence-corrected chi connectivity index (χ4v) is 3.51. The molecule has 0 amide bonds. The van der Waals surface area contributed by atoms with Crippen molar-refractivity contribution in [2.24, 2.45) is 11.1 Å². The summed E-state index contributed by atoms with van der Waals surface area (Å²) >= 11 is 0. The Morgan fingerprint density at radius 3 is 2.18 bits per heavy atom. The molecule has 0 unspecified atom stereocenters. The fraction of sp³-hybridized carbons (Fsp3) is 0.278. The Balaban J connectivity index is 1.77. The van der Waals surface area contributed by atoms with Gasteiger partial charge < -0.3 is 4.84 Å². The van der Waals surface area contributed by atoms with E-state index in [2.05, 4.69) is 71.7 Å². The molecular weight excluding hydrogens is 274 g/mol. The Kier molecular flexibility index (Phi) is 3.21. The van der Waals surface area contributed by atoms with Crippen molar-refractivity contribution in [3.8, 4) is 0 Å². The zero-order chi connectivity index (χ0) is 15.1. The van der Waals surface area contributed by atoms with Crippen molar-refractivity contribution >= 4 is 5.71 Å².